The second kappa shape index (κ2) is 9.74. The minimum absolute atomic E-state index is 0.151. The van der Waals surface area contributed by atoms with Crippen LogP contribution in [0.25, 0.3) is 0 Å². The maximum Gasteiger partial charge on any atom is 0.418 e. The molecule has 4 rings (SSSR count). The van der Waals surface area contributed by atoms with Crippen molar-refractivity contribution < 1.29 is 31.9 Å². The fourth-order valence-electron chi connectivity index (χ4n) is 4.03. The van der Waals surface area contributed by atoms with Crippen LogP contribution in [0.3, 0.4) is 0 Å². The molecule has 0 aliphatic carbocycles. The van der Waals surface area contributed by atoms with Crippen LogP contribution in [0.2, 0.25) is 0 Å². The quantitative estimate of drug-likeness (QED) is 0.720. The topological polar surface area (TPSA) is 87.1 Å². The number of piperidine rings is 1. The van der Waals surface area contributed by atoms with Crippen molar-refractivity contribution in [1.82, 2.24) is 10.2 Å². The van der Waals surface area contributed by atoms with E-state index in [1.54, 1.807) is 17.0 Å². The normalized spacial score (nSPS) is 17.7. The summed E-state index contributed by atoms with van der Waals surface area (Å²) in [7, 11) is 0. The van der Waals surface area contributed by atoms with Crippen molar-refractivity contribution in [3.8, 4) is 0 Å². The molecule has 0 spiro atoms. The monoisotopic (exact) mass is 466 g/mol. The summed E-state index contributed by atoms with van der Waals surface area (Å²) in [5.41, 5.74) is -0.308. The molecule has 2 saturated heterocycles. The number of anilines is 2. The largest absolute Gasteiger partial charge is 0.472 e. The van der Waals surface area contributed by atoms with Crippen LogP contribution in [0.5, 0.6) is 0 Å². The number of nitrogens with one attached hydrogen (secondary N) is 2. The standard InChI is InChI=1S/C22H25F3N4O4/c23-22(24,25)18-13-17(28-8-11-32-12-9-28)1-2-19(18)27-21(31)26-16-3-6-29(7-4-16)20(30)15-5-10-33-14-15/h1-2,5,10,13-14,16H,3-4,6-9,11-12H2,(H2,26,27,31). The van der Waals surface area contributed by atoms with Crippen LogP contribution >= 0.6 is 0 Å². The fraction of sp³-hybridized carbons (Fsp3) is 0.455. The highest BCUT2D eigenvalue weighted by Gasteiger charge is 2.35. The molecule has 11 heteroatoms. The Balaban J connectivity index is 1.35. The first-order valence-corrected chi connectivity index (χ1v) is 10.7. The van der Waals surface area contributed by atoms with Gasteiger partial charge in [0.2, 0.25) is 0 Å². The van der Waals surface area contributed by atoms with Gasteiger partial charge in [-0.15, -0.1) is 0 Å². The molecule has 0 bridgehead atoms. The smallest absolute Gasteiger partial charge is 0.418 e. The average molecular weight is 466 g/mol. The molecule has 2 N–H and O–H groups in total. The molecule has 0 saturated carbocycles. The van der Waals surface area contributed by atoms with Crippen LogP contribution in [-0.2, 0) is 10.9 Å². The van der Waals surface area contributed by atoms with Crippen molar-refractivity contribution in [2.24, 2.45) is 0 Å². The van der Waals surface area contributed by atoms with Gasteiger partial charge in [0.15, 0.2) is 0 Å². The fourth-order valence-corrected chi connectivity index (χ4v) is 4.03. The van der Waals surface area contributed by atoms with Gasteiger partial charge >= 0.3 is 12.2 Å². The van der Waals surface area contributed by atoms with E-state index in [9.17, 15) is 22.8 Å². The number of ether oxygens (including phenoxy) is 1. The highest BCUT2D eigenvalue weighted by molar-refractivity contribution is 5.94. The second-order valence-electron chi connectivity index (χ2n) is 8.00. The number of urea groups is 1. The summed E-state index contributed by atoms with van der Waals surface area (Å²) in [6, 6.07) is 4.53. The van der Waals surface area contributed by atoms with Gasteiger partial charge in [-0.3, -0.25) is 4.79 Å². The van der Waals surface area contributed by atoms with Gasteiger partial charge in [-0.2, -0.15) is 13.2 Å². The summed E-state index contributed by atoms with van der Waals surface area (Å²) in [6.07, 6.45) is -0.820. The van der Waals surface area contributed by atoms with Crippen molar-refractivity contribution in [3.05, 3.63) is 47.9 Å². The summed E-state index contributed by atoms with van der Waals surface area (Å²) in [5.74, 6) is -0.151. The van der Waals surface area contributed by atoms with Gasteiger partial charge in [0, 0.05) is 37.9 Å². The van der Waals surface area contributed by atoms with Gasteiger partial charge in [0.1, 0.15) is 6.26 Å². The van der Waals surface area contributed by atoms with E-state index in [0.717, 1.165) is 6.07 Å². The Morgan fingerprint density at radius 3 is 2.39 bits per heavy atom. The highest BCUT2D eigenvalue weighted by Crippen LogP contribution is 2.37. The second-order valence-corrected chi connectivity index (χ2v) is 8.00. The molecule has 2 aromatic rings. The van der Waals surface area contributed by atoms with E-state index in [2.05, 4.69) is 10.6 Å². The first kappa shape index (κ1) is 23.0. The molecule has 178 valence electrons. The third kappa shape index (κ3) is 5.59. The minimum atomic E-state index is -4.62. The maximum absolute atomic E-state index is 13.7. The Kier molecular flexibility index (Phi) is 6.77. The summed E-state index contributed by atoms with van der Waals surface area (Å²) in [6.45, 7) is 2.78. The van der Waals surface area contributed by atoms with Crippen molar-refractivity contribution >= 4 is 23.3 Å². The summed E-state index contributed by atoms with van der Waals surface area (Å²) >= 11 is 0. The van der Waals surface area contributed by atoms with Crippen LogP contribution in [0.4, 0.5) is 29.3 Å². The van der Waals surface area contributed by atoms with Crippen molar-refractivity contribution in [2.45, 2.75) is 25.1 Å². The Morgan fingerprint density at radius 1 is 1.03 bits per heavy atom. The molecule has 0 unspecified atom stereocenters. The number of furan rings is 1. The molecule has 33 heavy (non-hydrogen) atoms. The predicted octanol–water partition coefficient (Wildman–Crippen LogP) is 3.56. The molecule has 1 aromatic heterocycles. The van der Waals surface area contributed by atoms with E-state index in [1.165, 1.54) is 18.6 Å². The molecule has 0 radical (unpaired) electrons. The number of carbonyl (C=O) groups excluding carboxylic acids is 2. The van der Waals surface area contributed by atoms with Gasteiger partial charge in [-0.05, 0) is 37.1 Å². The predicted molar refractivity (Wildman–Crippen MR) is 114 cm³/mol. The highest BCUT2D eigenvalue weighted by atomic mass is 19.4. The van der Waals surface area contributed by atoms with Crippen molar-refractivity contribution in [1.29, 1.82) is 0 Å². The molecule has 1 aromatic carbocycles. The number of nitrogens with zero attached hydrogens (tertiary/aromatic N) is 2. The van der Waals surface area contributed by atoms with Gasteiger partial charge in [-0.25, -0.2) is 4.79 Å². The summed E-state index contributed by atoms with van der Waals surface area (Å²) < 4.78 is 51.2. The number of hydrogen-bond acceptors (Lipinski definition) is 5. The van der Waals surface area contributed by atoms with Crippen LogP contribution in [0.15, 0.2) is 41.2 Å². The Bertz CT molecular complexity index is 967. The zero-order chi connectivity index (χ0) is 23.4. The molecule has 2 fully saturated rings. The van der Waals surface area contributed by atoms with E-state index in [0.29, 0.717) is 63.5 Å². The molecule has 0 atom stereocenters. The van der Waals surface area contributed by atoms with E-state index in [4.69, 9.17) is 9.15 Å². The van der Waals surface area contributed by atoms with E-state index >= 15 is 0 Å². The number of hydrogen-bond donors (Lipinski definition) is 2. The van der Waals surface area contributed by atoms with Crippen molar-refractivity contribution in [3.63, 3.8) is 0 Å². The maximum atomic E-state index is 13.7. The van der Waals surface area contributed by atoms with Crippen LogP contribution in [0, 0.1) is 0 Å². The first-order chi connectivity index (χ1) is 15.8. The van der Waals surface area contributed by atoms with E-state index in [-0.39, 0.29) is 17.6 Å². The third-order valence-electron chi connectivity index (χ3n) is 5.82. The molecule has 8 nitrogen and oxygen atoms in total. The third-order valence-corrected chi connectivity index (χ3v) is 5.82. The number of likely N-dealkylation sites (tertiary alicyclic amines) is 1. The first-order valence-electron chi connectivity index (χ1n) is 10.7. The van der Waals surface area contributed by atoms with Crippen LogP contribution < -0.4 is 15.5 Å². The number of rotatable bonds is 4. The Hall–Kier alpha value is -3.21. The molecule has 2 aliphatic heterocycles. The Labute approximate surface area is 188 Å². The van der Waals surface area contributed by atoms with Gasteiger partial charge in [-0.1, -0.05) is 0 Å². The zero-order valence-corrected chi connectivity index (χ0v) is 17.9. The zero-order valence-electron chi connectivity index (χ0n) is 17.9. The lowest BCUT2D eigenvalue weighted by Gasteiger charge is -2.32. The minimum Gasteiger partial charge on any atom is -0.472 e. The lowest BCUT2D eigenvalue weighted by Crippen LogP contribution is -2.47. The van der Waals surface area contributed by atoms with Crippen LogP contribution in [0.1, 0.15) is 28.8 Å². The molecule has 3 heterocycles. The molecule has 2 aliphatic rings. The van der Waals surface area contributed by atoms with Gasteiger partial charge < -0.3 is 29.6 Å². The number of morpholine rings is 1. The molecular formula is C22H25F3N4O4. The number of carbonyl (C=O) groups is 2. The Morgan fingerprint density at radius 2 is 1.76 bits per heavy atom. The number of amides is 3. The lowest BCUT2D eigenvalue weighted by atomic mass is 10.0. The molecular weight excluding hydrogens is 441 g/mol. The van der Waals surface area contributed by atoms with Gasteiger partial charge in [0.25, 0.3) is 5.91 Å². The average Bonchev–Trinajstić information content (AvgIpc) is 3.34. The van der Waals surface area contributed by atoms with Crippen LogP contribution in [-0.4, -0.2) is 62.3 Å². The van der Waals surface area contributed by atoms with E-state index in [1.807, 2.05) is 4.90 Å². The number of alkyl halides is 3. The lowest BCUT2D eigenvalue weighted by molar-refractivity contribution is -0.136. The SMILES string of the molecule is O=C(Nc1ccc(N2CCOCC2)cc1C(F)(F)F)NC1CCN(C(=O)c2ccoc2)CC1. The summed E-state index contributed by atoms with van der Waals surface area (Å²) in [4.78, 5) is 28.3. The molecule has 3 amide bonds. The van der Waals surface area contributed by atoms with E-state index < -0.39 is 17.8 Å². The van der Waals surface area contributed by atoms with Gasteiger partial charge in [0.05, 0.1) is 36.3 Å². The van der Waals surface area contributed by atoms with Crippen molar-refractivity contribution in [2.75, 3.05) is 49.6 Å². The summed E-state index contributed by atoms with van der Waals surface area (Å²) in [5, 5.41) is 5.06. The number of halogens is 3. The number of benzene rings is 1.